The molecule has 0 saturated carbocycles. The third-order valence-electron chi connectivity index (χ3n) is 2.77. The maximum absolute atomic E-state index is 11.1. The Morgan fingerprint density at radius 3 is 3.00 bits per heavy atom. The van der Waals surface area contributed by atoms with Crippen molar-refractivity contribution >= 4 is 11.6 Å². The molecule has 3 aromatic rings. The molecule has 2 N–H and O–H groups in total. The highest BCUT2D eigenvalue weighted by atomic mass is 16.5. The van der Waals surface area contributed by atoms with Crippen LogP contribution >= 0.6 is 0 Å². The Morgan fingerprint density at radius 2 is 2.23 bits per heavy atom. The van der Waals surface area contributed by atoms with Crippen LogP contribution in [0.4, 0.5) is 0 Å². The standard InChI is InChI=1S/C14H13N5O3/c1-2-21-10-4-3-7-16-14(10)22-9-5-6-11-17-13(12(15)20)18-19(11)8-9/h3-8H,2H2,1H3,(H2,15,20). The van der Waals surface area contributed by atoms with Crippen LogP contribution in [0.15, 0.2) is 36.7 Å². The summed E-state index contributed by atoms with van der Waals surface area (Å²) < 4.78 is 12.6. The lowest BCUT2D eigenvalue weighted by molar-refractivity contribution is 0.0990. The predicted octanol–water partition coefficient (Wildman–Crippen LogP) is 1.41. The van der Waals surface area contributed by atoms with Crippen LogP contribution in [-0.2, 0) is 0 Å². The first-order chi connectivity index (χ1) is 10.7. The van der Waals surface area contributed by atoms with Crippen molar-refractivity contribution in [3.05, 3.63) is 42.5 Å². The second-order valence-corrected chi connectivity index (χ2v) is 4.31. The topological polar surface area (TPSA) is 105 Å². The number of rotatable bonds is 5. The first-order valence-electron chi connectivity index (χ1n) is 6.59. The second-order valence-electron chi connectivity index (χ2n) is 4.31. The van der Waals surface area contributed by atoms with Gasteiger partial charge in [-0.2, -0.15) is 0 Å². The molecule has 0 bridgehead atoms. The Morgan fingerprint density at radius 1 is 1.36 bits per heavy atom. The normalized spacial score (nSPS) is 10.6. The summed E-state index contributed by atoms with van der Waals surface area (Å²) >= 11 is 0. The average molecular weight is 299 g/mol. The molecule has 3 heterocycles. The molecule has 0 saturated heterocycles. The van der Waals surface area contributed by atoms with Crippen LogP contribution < -0.4 is 15.2 Å². The molecule has 0 aliphatic rings. The summed E-state index contributed by atoms with van der Waals surface area (Å²) in [5.41, 5.74) is 5.65. The summed E-state index contributed by atoms with van der Waals surface area (Å²) in [6, 6.07) is 6.89. The lowest BCUT2D eigenvalue weighted by atomic mass is 10.4. The van der Waals surface area contributed by atoms with Crippen molar-refractivity contribution < 1.29 is 14.3 Å². The van der Waals surface area contributed by atoms with E-state index in [1.165, 1.54) is 4.52 Å². The van der Waals surface area contributed by atoms with Crippen LogP contribution in [0.3, 0.4) is 0 Å². The van der Waals surface area contributed by atoms with Gasteiger partial charge in [-0.1, -0.05) is 0 Å². The number of hydrogen-bond donors (Lipinski definition) is 1. The summed E-state index contributed by atoms with van der Waals surface area (Å²) in [6.07, 6.45) is 3.19. The number of hydrogen-bond acceptors (Lipinski definition) is 6. The van der Waals surface area contributed by atoms with Gasteiger partial charge in [0.25, 0.3) is 11.8 Å². The van der Waals surface area contributed by atoms with Gasteiger partial charge in [-0.3, -0.25) is 4.79 Å². The maximum Gasteiger partial charge on any atom is 0.288 e. The molecule has 1 amide bonds. The number of ether oxygens (including phenoxy) is 2. The highest BCUT2D eigenvalue weighted by Gasteiger charge is 2.11. The van der Waals surface area contributed by atoms with Gasteiger partial charge >= 0.3 is 0 Å². The summed E-state index contributed by atoms with van der Waals surface area (Å²) in [4.78, 5) is 19.2. The molecule has 8 nitrogen and oxygen atoms in total. The highest BCUT2D eigenvalue weighted by molar-refractivity contribution is 5.89. The third-order valence-corrected chi connectivity index (χ3v) is 2.77. The van der Waals surface area contributed by atoms with E-state index in [-0.39, 0.29) is 5.82 Å². The van der Waals surface area contributed by atoms with E-state index >= 15 is 0 Å². The van der Waals surface area contributed by atoms with Gasteiger partial charge in [-0.25, -0.2) is 14.5 Å². The van der Waals surface area contributed by atoms with Crippen LogP contribution in [0.2, 0.25) is 0 Å². The Labute approximate surface area is 125 Å². The minimum atomic E-state index is -0.686. The Hall–Kier alpha value is -3.16. The van der Waals surface area contributed by atoms with Crippen molar-refractivity contribution in [1.29, 1.82) is 0 Å². The Kier molecular flexibility index (Phi) is 3.57. The lowest BCUT2D eigenvalue weighted by Crippen LogP contribution is -2.12. The van der Waals surface area contributed by atoms with Crippen LogP contribution in [0.5, 0.6) is 17.4 Å². The van der Waals surface area contributed by atoms with E-state index in [4.69, 9.17) is 15.2 Å². The van der Waals surface area contributed by atoms with E-state index in [1.54, 1.807) is 36.7 Å². The number of fused-ring (bicyclic) bond motifs is 1. The van der Waals surface area contributed by atoms with Gasteiger partial charge < -0.3 is 15.2 Å². The van der Waals surface area contributed by atoms with E-state index in [9.17, 15) is 4.79 Å². The smallest absolute Gasteiger partial charge is 0.288 e. The fourth-order valence-electron chi connectivity index (χ4n) is 1.86. The number of aromatic nitrogens is 4. The van der Waals surface area contributed by atoms with Gasteiger partial charge in [0.2, 0.25) is 5.82 Å². The molecule has 0 radical (unpaired) electrons. The van der Waals surface area contributed by atoms with Gasteiger partial charge in [-0.15, -0.1) is 5.10 Å². The maximum atomic E-state index is 11.1. The molecular formula is C14H13N5O3. The number of pyridine rings is 2. The quantitative estimate of drug-likeness (QED) is 0.763. The molecule has 3 aromatic heterocycles. The van der Waals surface area contributed by atoms with Crippen molar-refractivity contribution in [2.45, 2.75) is 6.92 Å². The third kappa shape index (κ3) is 2.66. The second kappa shape index (κ2) is 5.68. The van der Waals surface area contributed by atoms with Gasteiger partial charge in [0.1, 0.15) is 5.75 Å². The van der Waals surface area contributed by atoms with E-state index < -0.39 is 5.91 Å². The van der Waals surface area contributed by atoms with Crippen molar-refractivity contribution in [3.63, 3.8) is 0 Å². The average Bonchev–Trinajstić information content (AvgIpc) is 2.93. The molecule has 0 aliphatic carbocycles. The van der Waals surface area contributed by atoms with Gasteiger partial charge in [0.05, 0.1) is 12.8 Å². The van der Waals surface area contributed by atoms with Crippen LogP contribution in [0.1, 0.15) is 17.5 Å². The number of primary amides is 1. The number of nitrogens with two attached hydrogens (primary N) is 1. The molecule has 0 aliphatic heterocycles. The van der Waals surface area contributed by atoms with Crippen molar-refractivity contribution in [2.75, 3.05) is 6.61 Å². The fourth-order valence-corrected chi connectivity index (χ4v) is 1.86. The first kappa shape index (κ1) is 13.8. The lowest BCUT2D eigenvalue weighted by Gasteiger charge is -2.09. The molecule has 8 heteroatoms. The zero-order chi connectivity index (χ0) is 15.5. The molecule has 0 atom stereocenters. The van der Waals surface area contributed by atoms with E-state index in [2.05, 4.69) is 15.1 Å². The number of carbonyl (C=O) groups is 1. The number of nitrogens with zero attached hydrogens (tertiary/aromatic N) is 4. The molecule has 3 rings (SSSR count). The molecule has 22 heavy (non-hydrogen) atoms. The molecule has 0 fully saturated rings. The van der Waals surface area contributed by atoms with Crippen molar-refractivity contribution in [1.82, 2.24) is 19.6 Å². The monoisotopic (exact) mass is 299 g/mol. The first-order valence-corrected chi connectivity index (χ1v) is 6.59. The van der Waals surface area contributed by atoms with Gasteiger partial charge in [0.15, 0.2) is 11.4 Å². The Balaban J connectivity index is 1.92. The zero-order valence-electron chi connectivity index (χ0n) is 11.8. The highest BCUT2D eigenvalue weighted by Crippen LogP contribution is 2.28. The van der Waals surface area contributed by atoms with Gasteiger partial charge in [-0.05, 0) is 31.2 Å². The minimum Gasteiger partial charge on any atom is -0.488 e. The van der Waals surface area contributed by atoms with Crippen LogP contribution in [0.25, 0.3) is 5.65 Å². The number of amides is 1. The number of carbonyl (C=O) groups excluding carboxylic acids is 1. The Bertz CT molecular complexity index is 830. The summed E-state index contributed by atoms with van der Waals surface area (Å²) in [5.74, 6) is 0.632. The minimum absolute atomic E-state index is 0.0509. The summed E-state index contributed by atoms with van der Waals surface area (Å²) in [7, 11) is 0. The zero-order valence-corrected chi connectivity index (χ0v) is 11.8. The SMILES string of the molecule is CCOc1cccnc1Oc1ccc2nc(C(N)=O)nn2c1. The largest absolute Gasteiger partial charge is 0.488 e. The van der Waals surface area contributed by atoms with E-state index in [0.717, 1.165) is 0 Å². The van der Waals surface area contributed by atoms with E-state index in [0.29, 0.717) is 29.6 Å². The van der Waals surface area contributed by atoms with Crippen molar-refractivity contribution in [2.24, 2.45) is 5.73 Å². The fraction of sp³-hybridized carbons (Fsp3) is 0.143. The summed E-state index contributed by atoms with van der Waals surface area (Å²) in [5, 5.41) is 3.97. The van der Waals surface area contributed by atoms with E-state index in [1.807, 2.05) is 6.92 Å². The molecule has 0 aromatic carbocycles. The van der Waals surface area contributed by atoms with Crippen LogP contribution in [-0.4, -0.2) is 32.1 Å². The predicted molar refractivity (Wildman–Crippen MR) is 77.0 cm³/mol. The van der Waals surface area contributed by atoms with Gasteiger partial charge in [0, 0.05) is 6.20 Å². The van der Waals surface area contributed by atoms with Crippen molar-refractivity contribution in [3.8, 4) is 17.4 Å². The van der Waals surface area contributed by atoms with Crippen LogP contribution in [0, 0.1) is 0 Å². The molecule has 0 unspecified atom stereocenters. The molecular weight excluding hydrogens is 286 g/mol. The summed E-state index contributed by atoms with van der Waals surface area (Å²) in [6.45, 7) is 2.38. The molecule has 112 valence electrons. The molecule has 0 spiro atoms.